The van der Waals surface area contributed by atoms with Crippen molar-refractivity contribution in [3.63, 3.8) is 0 Å². The second-order valence-electron chi connectivity index (χ2n) is 5.08. The Kier molecular flexibility index (Phi) is 5.06. The van der Waals surface area contributed by atoms with Crippen LogP contribution in [0.4, 0.5) is 0 Å². The number of rotatable bonds is 5. The standard InChI is InChI=1S/C15H19NO3S/c1-10(2)8-19-15(17)13-9-20-16-14(13)11-4-6-12(18-3)7-5-11/h4-7,10,13H,8-9H2,1-3H3. The summed E-state index contributed by atoms with van der Waals surface area (Å²) < 4.78 is 14.8. The van der Waals surface area contributed by atoms with Gasteiger partial charge in [-0.1, -0.05) is 13.8 Å². The SMILES string of the molecule is COc1ccc(C2=NSCC2C(=O)OCC(C)C)cc1. The molecule has 108 valence electrons. The molecule has 1 aliphatic rings. The monoisotopic (exact) mass is 293 g/mol. The maximum absolute atomic E-state index is 12.1. The van der Waals surface area contributed by atoms with E-state index in [1.807, 2.05) is 38.1 Å². The predicted octanol–water partition coefficient (Wildman–Crippen LogP) is 2.96. The Hall–Kier alpha value is -1.49. The van der Waals surface area contributed by atoms with Crippen LogP contribution in [0.5, 0.6) is 5.75 Å². The van der Waals surface area contributed by atoms with Crippen molar-refractivity contribution in [3.8, 4) is 5.75 Å². The lowest BCUT2D eigenvalue weighted by atomic mass is 9.98. The van der Waals surface area contributed by atoms with Crippen LogP contribution in [0.2, 0.25) is 0 Å². The van der Waals surface area contributed by atoms with Gasteiger partial charge in [-0.2, -0.15) is 0 Å². The number of carbonyl (C=O) groups excluding carboxylic acids is 1. The van der Waals surface area contributed by atoms with E-state index in [-0.39, 0.29) is 11.9 Å². The van der Waals surface area contributed by atoms with E-state index >= 15 is 0 Å². The fourth-order valence-electron chi connectivity index (χ4n) is 1.87. The maximum Gasteiger partial charge on any atom is 0.316 e. The van der Waals surface area contributed by atoms with Gasteiger partial charge in [0.15, 0.2) is 0 Å². The van der Waals surface area contributed by atoms with E-state index < -0.39 is 0 Å². The summed E-state index contributed by atoms with van der Waals surface area (Å²) in [5.41, 5.74) is 1.74. The van der Waals surface area contributed by atoms with E-state index in [1.165, 1.54) is 11.9 Å². The largest absolute Gasteiger partial charge is 0.497 e. The van der Waals surface area contributed by atoms with Crippen molar-refractivity contribution in [1.82, 2.24) is 0 Å². The summed E-state index contributed by atoms with van der Waals surface area (Å²) in [6.45, 7) is 4.50. The van der Waals surface area contributed by atoms with Gasteiger partial charge in [-0.15, -0.1) is 0 Å². The molecule has 1 aromatic carbocycles. The molecule has 2 rings (SSSR count). The first-order chi connectivity index (χ1) is 9.61. The molecule has 20 heavy (non-hydrogen) atoms. The summed E-state index contributed by atoms with van der Waals surface area (Å²) in [7, 11) is 1.63. The third-order valence-corrected chi connectivity index (χ3v) is 3.77. The van der Waals surface area contributed by atoms with Gasteiger partial charge in [0, 0.05) is 5.75 Å². The Labute approximate surface area is 123 Å². The van der Waals surface area contributed by atoms with Gasteiger partial charge in [-0.3, -0.25) is 4.79 Å². The average Bonchev–Trinajstić information content (AvgIpc) is 2.94. The molecule has 0 aromatic heterocycles. The van der Waals surface area contributed by atoms with Gasteiger partial charge in [0.1, 0.15) is 11.7 Å². The summed E-state index contributed by atoms with van der Waals surface area (Å²) in [6, 6.07) is 7.59. The molecule has 1 aromatic rings. The lowest BCUT2D eigenvalue weighted by molar-refractivity contribution is -0.146. The second-order valence-corrected chi connectivity index (χ2v) is 5.85. The molecule has 0 saturated heterocycles. The summed E-state index contributed by atoms with van der Waals surface area (Å²) >= 11 is 1.41. The highest BCUT2D eigenvalue weighted by atomic mass is 32.2. The summed E-state index contributed by atoms with van der Waals surface area (Å²) in [6.07, 6.45) is 0. The first kappa shape index (κ1) is 14.9. The lowest BCUT2D eigenvalue weighted by Gasteiger charge is -2.13. The Bertz CT molecular complexity index is 496. The van der Waals surface area contributed by atoms with Crippen LogP contribution in [0, 0.1) is 11.8 Å². The second kappa shape index (κ2) is 6.79. The third-order valence-electron chi connectivity index (χ3n) is 2.96. The molecule has 1 atom stereocenters. The van der Waals surface area contributed by atoms with Gasteiger partial charge < -0.3 is 9.47 Å². The number of carbonyl (C=O) groups is 1. The summed E-state index contributed by atoms with van der Waals surface area (Å²) in [4.78, 5) is 12.1. The van der Waals surface area contributed by atoms with Gasteiger partial charge in [-0.05, 0) is 47.7 Å². The fourth-order valence-corrected chi connectivity index (χ4v) is 2.76. The van der Waals surface area contributed by atoms with E-state index in [0.717, 1.165) is 17.0 Å². The molecule has 0 N–H and O–H groups in total. The molecular formula is C15H19NO3S. The zero-order chi connectivity index (χ0) is 14.5. The van der Waals surface area contributed by atoms with E-state index in [1.54, 1.807) is 7.11 Å². The van der Waals surface area contributed by atoms with Crippen molar-refractivity contribution in [1.29, 1.82) is 0 Å². The van der Waals surface area contributed by atoms with Crippen LogP contribution in [0.15, 0.2) is 28.7 Å². The van der Waals surface area contributed by atoms with Crippen LogP contribution in [-0.4, -0.2) is 31.2 Å². The highest BCUT2D eigenvalue weighted by Gasteiger charge is 2.31. The molecule has 0 radical (unpaired) electrons. The number of benzene rings is 1. The molecule has 0 saturated carbocycles. The van der Waals surface area contributed by atoms with Crippen molar-refractivity contribution < 1.29 is 14.3 Å². The van der Waals surface area contributed by atoms with Gasteiger partial charge in [-0.25, -0.2) is 4.40 Å². The smallest absolute Gasteiger partial charge is 0.316 e. The van der Waals surface area contributed by atoms with E-state index in [0.29, 0.717) is 18.3 Å². The van der Waals surface area contributed by atoms with Crippen LogP contribution in [0.3, 0.4) is 0 Å². The van der Waals surface area contributed by atoms with Crippen molar-refractivity contribution in [3.05, 3.63) is 29.8 Å². The minimum absolute atomic E-state index is 0.182. The molecule has 0 aliphatic carbocycles. The minimum Gasteiger partial charge on any atom is -0.497 e. The van der Waals surface area contributed by atoms with Gasteiger partial charge in [0.25, 0.3) is 0 Å². The topological polar surface area (TPSA) is 47.9 Å². The number of nitrogens with zero attached hydrogens (tertiary/aromatic N) is 1. The predicted molar refractivity (Wildman–Crippen MR) is 81.3 cm³/mol. The molecule has 0 amide bonds. The van der Waals surface area contributed by atoms with Crippen LogP contribution < -0.4 is 4.74 Å². The quantitative estimate of drug-likeness (QED) is 0.618. The first-order valence-corrected chi connectivity index (χ1v) is 7.57. The maximum atomic E-state index is 12.1. The molecule has 1 unspecified atom stereocenters. The van der Waals surface area contributed by atoms with Crippen LogP contribution >= 0.6 is 11.9 Å². The van der Waals surface area contributed by atoms with Crippen molar-refractivity contribution in [2.45, 2.75) is 13.8 Å². The Morgan fingerprint density at radius 3 is 2.70 bits per heavy atom. The fraction of sp³-hybridized carbons (Fsp3) is 0.467. The highest BCUT2D eigenvalue weighted by Crippen LogP contribution is 2.27. The van der Waals surface area contributed by atoms with Crippen molar-refractivity contribution >= 4 is 23.6 Å². The lowest BCUT2D eigenvalue weighted by Crippen LogP contribution is -2.27. The first-order valence-electron chi connectivity index (χ1n) is 6.62. The van der Waals surface area contributed by atoms with Crippen molar-refractivity contribution in [2.75, 3.05) is 19.5 Å². The Morgan fingerprint density at radius 2 is 2.10 bits per heavy atom. The highest BCUT2D eigenvalue weighted by molar-refractivity contribution is 7.98. The molecule has 0 bridgehead atoms. The van der Waals surface area contributed by atoms with Crippen LogP contribution in [0.25, 0.3) is 0 Å². The number of esters is 1. The Morgan fingerprint density at radius 1 is 1.40 bits per heavy atom. The van der Waals surface area contributed by atoms with Crippen LogP contribution in [-0.2, 0) is 9.53 Å². The molecule has 0 spiro atoms. The minimum atomic E-state index is -0.271. The molecule has 0 fully saturated rings. The Balaban J connectivity index is 2.08. The van der Waals surface area contributed by atoms with E-state index in [4.69, 9.17) is 9.47 Å². The van der Waals surface area contributed by atoms with E-state index in [9.17, 15) is 4.79 Å². The number of methoxy groups -OCH3 is 1. The van der Waals surface area contributed by atoms with Crippen molar-refractivity contribution in [2.24, 2.45) is 16.2 Å². The molecule has 5 heteroatoms. The number of hydrogen-bond donors (Lipinski definition) is 0. The van der Waals surface area contributed by atoms with Gasteiger partial charge >= 0.3 is 5.97 Å². The third kappa shape index (κ3) is 3.54. The normalized spacial score (nSPS) is 18.0. The van der Waals surface area contributed by atoms with E-state index in [2.05, 4.69) is 4.40 Å². The number of ether oxygens (including phenoxy) is 2. The average molecular weight is 293 g/mol. The van der Waals surface area contributed by atoms with Gasteiger partial charge in [0.2, 0.25) is 0 Å². The molecule has 4 nitrogen and oxygen atoms in total. The molecular weight excluding hydrogens is 274 g/mol. The summed E-state index contributed by atoms with van der Waals surface area (Å²) in [5.74, 6) is 1.33. The zero-order valence-corrected chi connectivity index (χ0v) is 12.8. The van der Waals surface area contributed by atoms with Gasteiger partial charge in [0.05, 0.1) is 19.4 Å². The van der Waals surface area contributed by atoms with Crippen LogP contribution in [0.1, 0.15) is 19.4 Å². The summed E-state index contributed by atoms with van der Waals surface area (Å²) in [5, 5.41) is 0. The molecule has 1 aliphatic heterocycles. The zero-order valence-electron chi connectivity index (χ0n) is 12.0. The molecule has 1 heterocycles. The number of hydrogen-bond acceptors (Lipinski definition) is 5.